The van der Waals surface area contributed by atoms with Crippen molar-refractivity contribution in [2.45, 2.75) is 17.1 Å². The lowest BCUT2D eigenvalue weighted by Gasteiger charge is -2.10. The van der Waals surface area contributed by atoms with Crippen molar-refractivity contribution in [2.75, 3.05) is 12.8 Å². The maximum Gasteiger partial charge on any atom is 0.252 e. The van der Waals surface area contributed by atoms with E-state index >= 15 is 0 Å². The molecule has 0 saturated carbocycles. The van der Waals surface area contributed by atoms with Gasteiger partial charge >= 0.3 is 0 Å². The van der Waals surface area contributed by atoms with Gasteiger partial charge < -0.3 is 5.32 Å². The molecule has 5 heteroatoms. The summed E-state index contributed by atoms with van der Waals surface area (Å²) in [6, 6.07) is 7.09. The Hall–Kier alpha value is -0.810. The van der Waals surface area contributed by atoms with Crippen molar-refractivity contribution in [3.8, 4) is 0 Å². The van der Waals surface area contributed by atoms with E-state index in [1.807, 2.05) is 13.0 Å². The Balaban J connectivity index is 2.60. The first-order valence-electron chi connectivity index (χ1n) is 4.90. The zero-order chi connectivity index (χ0) is 12.1. The molecule has 0 spiro atoms. The number of rotatable bonds is 4. The summed E-state index contributed by atoms with van der Waals surface area (Å²) in [5.74, 6) is -0.178. The smallest absolute Gasteiger partial charge is 0.252 e. The molecule has 0 radical (unpaired) electrons. The fourth-order valence-electron chi connectivity index (χ4n) is 1.11. The molecule has 1 aromatic rings. The van der Waals surface area contributed by atoms with Crippen LogP contribution in [0.3, 0.4) is 0 Å². The highest BCUT2D eigenvalue weighted by Gasteiger charge is 2.11. The molecule has 1 aromatic carbocycles. The van der Waals surface area contributed by atoms with Gasteiger partial charge in [0, 0.05) is 33.7 Å². The van der Waals surface area contributed by atoms with E-state index in [0.29, 0.717) is 17.0 Å². The highest BCUT2D eigenvalue weighted by molar-refractivity contribution is 7.84. The highest BCUT2D eigenvalue weighted by atomic mass is 32.2. The molecule has 88 valence electrons. The number of carbonyl (C=O) groups is 1. The summed E-state index contributed by atoms with van der Waals surface area (Å²) in [7, 11) is -0.922. The van der Waals surface area contributed by atoms with Crippen LogP contribution in [0.4, 0.5) is 0 Å². The average molecular weight is 257 g/mol. The number of hydrogen-bond donors (Lipinski definition) is 2. The van der Waals surface area contributed by atoms with Gasteiger partial charge in [-0.3, -0.25) is 9.00 Å². The lowest BCUT2D eigenvalue weighted by atomic mass is 10.2. The van der Waals surface area contributed by atoms with Crippen molar-refractivity contribution < 1.29 is 9.00 Å². The van der Waals surface area contributed by atoms with Gasteiger partial charge in [0.15, 0.2) is 0 Å². The molecule has 0 fully saturated rings. The molecular formula is C11H15NO2S2. The molecule has 2 unspecified atom stereocenters. The van der Waals surface area contributed by atoms with Crippen LogP contribution in [-0.2, 0) is 10.8 Å². The van der Waals surface area contributed by atoms with Crippen molar-refractivity contribution in [1.82, 2.24) is 5.32 Å². The summed E-state index contributed by atoms with van der Waals surface area (Å²) < 4.78 is 11.1. The molecule has 1 amide bonds. The molecule has 0 aliphatic rings. The van der Waals surface area contributed by atoms with Crippen LogP contribution in [0.2, 0.25) is 0 Å². The van der Waals surface area contributed by atoms with E-state index in [2.05, 4.69) is 17.9 Å². The summed E-state index contributed by atoms with van der Waals surface area (Å²) >= 11 is 4.20. The Bertz CT molecular complexity index is 407. The van der Waals surface area contributed by atoms with E-state index in [9.17, 15) is 9.00 Å². The zero-order valence-corrected chi connectivity index (χ0v) is 11.0. The van der Waals surface area contributed by atoms with Gasteiger partial charge in [-0.05, 0) is 19.1 Å². The van der Waals surface area contributed by atoms with E-state index in [1.165, 1.54) is 0 Å². The minimum atomic E-state index is -0.922. The summed E-state index contributed by atoms with van der Waals surface area (Å²) in [6.45, 7) is 2.24. The van der Waals surface area contributed by atoms with E-state index in [-0.39, 0.29) is 11.2 Å². The topological polar surface area (TPSA) is 46.2 Å². The average Bonchev–Trinajstić information content (AvgIpc) is 2.25. The van der Waals surface area contributed by atoms with Gasteiger partial charge in [-0.2, -0.15) is 0 Å². The SMILES string of the molecule is CC(CNC(=O)c1ccccc1S)S(C)=O. The van der Waals surface area contributed by atoms with Gasteiger partial charge in [0.1, 0.15) is 0 Å². The molecule has 0 heterocycles. The van der Waals surface area contributed by atoms with Crippen LogP contribution in [0, 0.1) is 0 Å². The molecule has 3 nitrogen and oxygen atoms in total. The number of carbonyl (C=O) groups excluding carboxylic acids is 1. The molecular weight excluding hydrogens is 242 g/mol. The summed E-state index contributed by atoms with van der Waals surface area (Å²) in [4.78, 5) is 12.4. The maximum atomic E-state index is 11.7. The highest BCUT2D eigenvalue weighted by Crippen LogP contribution is 2.12. The lowest BCUT2D eigenvalue weighted by Crippen LogP contribution is -2.32. The Morgan fingerprint density at radius 1 is 1.50 bits per heavy atom. The third-order valence-electron chi connectivity index (χ3n) is 2.27. The third kappa shape index (κ3) is 3.64. The Kier molecular flexibility index (Phi) is 5.02. The van der Waals surface area contributed by atoms with E-state index in [1.54, 1.807) is 24.5 Å². The van der Waals surface area contributed by atoms with Gasteiger partial charge in [0.2, 0.25) is 0 Å². The fourth-order valence-corrected chi connectivity index (χ4v) is 1.69. The minimum Gasteiger partial charge on any atom is -0.351 e. The molecule has 16 heavy (non-hydrogen) atoms. The largest absolute Gasteiger partial charge is 0.351 e. The van der Waals surface area contributed by atoms with Gasteiger partial charge in [-0.25, -0.2) is 0 Å². The minimum absolute atomic E-state index is 0.0453. The van der Waals surface area contributed by atoms with Crippen LogP contribution in [0.25, 0.3) is 0 Å². The molecule has 2 atom stereocenters. The second-order valence-corrected chi connectivity index (χ2v) is 5.82. The number of hydrogen-bond acceptors (Lipinski definition) is 3. The first-order chi connectivity index (χ1) is 7.52. The first kappa shape index (κ1) is 13.3. The lowest BCUT2D eigenvalue weighted by molar-refractivity contribution is 0.0951. The van der Waals surface area contributed by atoms with E-state index in [0.717, 1.165) is 0 Å². The Labute approximate surface area is 103 Å². The molecule has 0 saturated heterocycles. The predicted octanol–water partition coefficient (Wildman–Crippen LogP) is 1.47. The van der Waals surface area contributed by atoms with Crippen LogP contribution in [0.5, 0.6) is 0 Å². The van der Waals surface area contributed by atoms with Gasteiger partial charge in [-0.1, -0.05) is 12.1 Å². The normalized spacial score (nSPS) is 14.2. The number of amides is 1. The van der Waals surface area contributed by atoms with Gasteiger partial charge in [0.05, 0.1) is 5.56 Å². The van der Waals surface area contributed by atoms with Crippen molar-refractivity contribution in [2.24, 2.45) is 0 Å². The molecule has 1 rings (SSSR count). The summed E-state index contributed by atoms with van der Waals surface area (Å²) in [6.07, 6.45) is 1.63. The predicted molar refractivity (Wildman–Crippen MR) is 69.6 cm³/mol. The van der Waals surface area contributed by atoms with Crippen molar-refractivity contribution >= 4 is 29.3 Å². The molecule has 0 bridgehead atoms. The van der Waals surface area contributed by atoms with Gasteiger partial charge in [-0.15, -0.1) is 12.6 Å². The number of nitrogens with one attached hydrogen (secondary N) is 1. The molecule has 0 aliphatic carbocycles. The number of benzene rings is 1. The van der Waals surface area contributed by atoms with Crippen molar-refractivity contribution in [3.05, 3.63) is 29.8 Å². The van der Waals surface area contributed by atoms with Crippen LogP contribution in [0.1, 0.15) is 17.3 Å². The third-order valence-corrected chi connectivity index (χ3v) is 3.96. The monoisotopic (exact) mass is 257 g/mol. The molecule has 0 aromatic heterocycles. The van der Waals surface area contributed by atoms with Crippen LogP contribution in [-0.4, -0.2) is 28.2 Å². The zero-order valence-electron chi connectivity index (χ0n) is 9.27. The Morgan fingerprint density at radius 2 is 2.12 bits per heavy atom. The quantitative estimate of drug-likeness (QED) is 0.802. The molecule has 1 N–H and O–H groups in total. The van der Waals surface area contributed by atoms with Crippen molar-refractivity contribution in [3.63, 3.8) is 0 Å². The maximum absolute atomic E-state index is 11.7. The summed E-state index contributed by atoms with van der Waals surface area (Å²) in [5, 5.41) is 2.69. The molecule has 0 aliphatic heterocycles. The van der Waals surface area contributed by atoms with E-state index in [4.69, 9.17) is 0 Å². The number of thiol groups is 1. The first-order valence-corrected chi connectivity index (χ1v) is 6.97. The van der Waals surface area contributed by atoms with Gasteiger partial charge in [0.25, 0.3) is 5.91 Å². The second-order valence-electron chi connectivity index (χ2n) is 3.54. The fraction of sp³-hybridized carbons (Fsp3) is 0.364. The Morgan fingerprint density at radius 3 is 2.69 bits per heavy atom. The van der Waals surface area contributed by atoms with Crippen LogP contribution >= 0.6 is 12.6 Å². The van der Waals surface area contributed by atoms with E-state index < -0.39 is 10.8 Å². The van der Waals surface area contributed by atoms with Crippen LogP contribution < -0.4 is 5.32 Å². The second kappa shape index (κ2) is 6.06. The summed E-state index contributed by atoms with van der Waals surface area (Å²) in [5.41, 5.74) is 0.542. The van der Waals surface area contributed by atoms with Crippen LogP contribution in [0.15, 0.2) is 29.2 Å². The van der Waals surface area contributed by atoms with Crippen molar-refractivity contribution in [1.29, 1.82) is 0 Å². The standard InChI is InChI=1S/C11H15NO2S2/c1-8(16(2)14)7-12-11(13)9-5-3-4-6-10(9)15/h3-6,8,15H,7H2,1-2H3,(H,12,13).